The smallest absolute Gasteiger partial charge is 0.186 e. The molecule has 3 heteroatoms. The van der Waals surface area contributed by atoms with Gasteiger partial charge in [0.2, 0.25) is 0 Å². The molecule has 0 aliphatic heterocycles. The van der Waals surface area contributed by atoms with Crippen LogP contribution in [0.5, 0.6) is 5.75 Å². The van der Waals surface area contributed by atoms with E-state index in [9.17, 15) is 9.59 Å². The number of carbonyl (C=O) groups excluding carboxylic acids is 2. The van der Waals surface area contributed by atoms with Crippen molar-refractivity contribution in [2.45, 2.75) is 6.42 Å². The predicted molar refractivity (Wildman–Crippen MR) is 107 cm³/mol. The van der Waals surface area contributed by atoms with E-state index in [4.69, 9.17) is 4.74 Å². The molecule has 0 aromatic heterocycles. The normalized spacial score (nSPS) is 11.1. The van der Waals surface area contributed by atoms with E-state index in [1.807, 2.05) is 60.7 Å². The van der Waals surface area contributed by atoms with E-state index in [0.29, 0.717) is 16.7 Å². The van der Waals surface area contributed by atoms with Gasteiger partial charge in [0.1, 0.15) is 5.75 Å². The summed E-state index contributed by atoms with van der Waals surface area (Å²) >= 11 is 0. The zero-order chi connectivity index (χ0) is 19.1. The van der Waals surface area contributed by atoms with Crippen LogP contribution in [0.3, 0.4) is 0 Å². The maximum Gasteiger partial charge on any atom is 0.186 e. The van der Waals surface area contributed by atoms with Crippen molar-refractivity contribution in [2.75, 3.05) is 7.11 Å². The van der Waals surface area contributed by atoms with Crippen molar-refractivity contribution >= 4 is 17.1 Å². The van der Waals surface area contributed by atoms with Crippen LogP contribution in [0.25, 0.3) is 5.57 Å². The first-order valence-electron chi connectivity index (χ1n) is 8.70. The summed E-state index contributed by atoms with van der Waals surface area (Å²) < 4.78 is 5.20. The number of ketones is 2. The number of rotatable bonds is 7. The lowest BCUT2D eigenvalue weighted by atomic mass is 9.95. The molecule has 0 N–H and O–H groups in total. The molecule has 3 aromatic carbocycles. The second kappa shape index (κ2) is 8.77. The molecule has 0 aliphatic carbocycles. The highest BCUT2D eigenvalue weighted by Crippen LogP contribution is 2.24. The second-order valence-electron chi connectivity index (χ2n) is 6.09. The molecular formula is C24H20O3. The van der Waals surface area contributed by atoms with Gasteiger partial charge < -0.3 is 4.74 Å². The number of methoxy groups -OCH3 is 1. The molecule has 0 fully saturated rings. The van der Waals surface area contributed by atoms with Crippen molar-refractivity contribution in [3.8, 4) is 5.75 Å². The van der Waals surface area contributed by atoms with E-state index < -0.39 is 0 Å². The molecule has 0 amide bonds. The minimum atomic E-state index is -0.123. The monoisotopic (exact) mass is 356 g/mol. The largest absolute Gasteiger partial charge is 0.497 e. The topological polar surface area (TPSA) is 43.4 Å². The van der Waals surface area contributed by atoms with E-state index in [0.717, 1.165) is 11.3 Å². The number of carbonyl (C=O) groups is 2. The average molecular weight is 356 g/mol. The van der Waals surface area contributed by atoms with E-state index in [1.54, 1.807) is 37.5 Å². The highest BCUT2D eigenvalue weighted by Gasteiger charge is 2.13. The van der Waals surface area contributed by atoms with Crippen LogP contribution in [-0.2, 0) is 0 Å². The Kier molecular flexibility index (Phi) is 5.95. The third kappa shape index (κ3) is 4.79. The first-order valence-corrected chi connectivity index (χ1v) is 8.70. The standard InChI is InChI=1S/C24H20O3/c1-27-22-14-12-18(13-15-22)21(16-23(25)19-8-4-2-5-9-19)17-24(26)20-10-6-3-7-11-20/h2-16H,17H2,1H3/b21-16+. The first kappa shape index (κ1) is 18.3. The molecule has 0 saturated carbocycles. The Morgan fingerprint density at radius 1 is 0.741 bits per heavy atom. The van der Waals surface area contributed by atoms with Crippen molar-refractivity contribution in [3.05, 3.63) is 108 Å². The van der Waals surface area contributed by atoms with Crippen LogP contribution in [0.1, 0.15) is 32.7 Å². The fraction of sp³-hybridized carbons (Fsp3) is 0.0833. The summed E-state index contributed by atoms with van der Waals surface area (Å²) in [6.07, 6.45) is 1.70. The lowest BCUT2D eigenvalue weighted by Gasteiger charge is -2.09. The fourth-order valence-electron chi connectivity index (χ4n) is 2.78. The highest BCUT2D eigenvalue weighted by atomic mass is 16.5. The number of hydrogen-bond acceptors (Lipinski definition) is 3. The summed E-state index contributed by atoms with van der Waals surface area (Å²) in [5.74, 6) is 0.572. The molecule has 134 valence electrons. The Morgan fingerprint density at radius 3 is 1.85 bits per heavy atom. The molecular weight excluding hydrogens is 336 g/mol. The number of Topliss-reactive ketones (excluding diaryl/α,β-unsaturated/α-hetero) is 1. The van der Waals surface area contributed by atoms with E-state index >= 15 is 0 Å². The summed E-state index contributed by atoms with van der Waals surface area (Å²) in [6, 6.07) is 25.5. The van der Waals surface area contributed by atoms with Gasteiger partial charge >= 0.3 is 0 Å². The molecule has 0 atom stereocenters. The van der Waals surface area contributed by atoms with Gasteiger partial charge in [0.05, 0.1) is 7.11 Å². The lowest BCUT2D eigenvalue weighted by Crippen LogP contribution is -2.03. The molecule has 3 rings (SSSR count). The van der Waals surface area contributed by atoms with Gasteiger partial charge in [-0.15, -0.1) is 0 Å². The average Bonchev–Trinajstić information content (AvgIpc) is 2.74. The van der Waals surface area contributed by atoms with Crippen LogP contribution in [0.15, 0.2) is 91.0 Å². The van der Waals surface area contributed by atoms with Gasteiger partial charge in [-0.05, 0) is 29.3 Å². The van der Waals surface area contributed by atoms with Gasteiger partial charge in [0.15, 0.2) is 11.6 Å². The molecule has 0 heterocycles. The fourth-order valence-corrected chi connectivity index (χ4v) is 2.78. The summed E-state index contributed by atoms with van der Waals surface area (Å²) in [5.41, 5.74) is 2.73. The van der Waals surface area contributed by atoms with Gasteiger partial charge in [-0.25, -0.2) is 0 Å². The SMILES string of the molecule is COc1ccc(/C(=C/C(=O)c2ccccc2)CC(=O)c2ccccc2)cc1. The molecule has 0 bridgehead atoms. The van der Waals surface area contributed by atoms with Crippen LogP contribution in [0.4, 0.5) is 0 Å². The predicted octanol–water partition coefficient (Wildman–Crippen LogP) is 5.23. The Bertz CT molecular complexity index is 940. The highest BCUT2D eigenvalue weighted by molar-refractivity contribution is 6.11. The lowest BCUT2D eigenvalue weighted by molar-refractivity contribution is 0.0998. The van der Waals surface area contributed by atoms with Gasteiger partial charge in [0.25, 0.3) is 0 Å². The zero-order valence-corrected chi connectivity index (χ0v) is 15.1. The minimum Gasteiger partial charge on any atom is -0.497 e. The third-order valence-corrected chi connectivity index (χ3v) is 4.27. The summed E-state index contributed by atoms with van der Waals surface area (Å²) in [4.78, 5) is 25.3. The molecule has 0 unspecified atom stereocenters. The van der Waals surface area contributed by atoms with Crippen molar-refractivity contribution in [3.63, 3.8) is 0 Å². The van der Waals surface area contributed by atoms with Crippen LogP contribution >= 0.6 is 0 Å². The number of hydrogen-bond donors (Lipinski definition) is 0. The Morgan fingerprint density at radius 2 is 1.30 bits per heavy atom. The first-order chi connectivity index (χ1) is 13.2. The Balaban J connectivity index is 1.94. The molecule has 3 aromatic rings. The summed E-state index contributed by atoms with van der Waals surface area (Å²) in [7, 11) is 1.60. The number of ether oxygens (including phenoxy) is 1. The molecule has 0 saturated heterocycles. The van der Waals surface area contributed by atoms with Gasteiger partial charge in [-0.3, -0.25) is 9.59 Å². The van der Waals surface area contributed by atoms with E-state index in [1.165, 1.54) is 0 Å². The second-order valence-corrected chi connectivity index (χ2v) is 6.09. The number of allylic oxidation sites excluding steroid dienone is 2. The zero-order valence-electron chi connectivity index (χ0n) is 15.1. The Labute approximate surface area is 158 Å². The van der Waals surface area contributed by atoms with Crippen LogP contribution < -0.4 is 4.74 Å². The minimum absolute atomic E-state index is 0.0291. The Hall–Kier alpha value is -3.46. The van der Waals surface area contributed by atoms with E-state index in [2.05, 4.69) is 0 Å². The van der Waals surface area contributed by atoms with Crippen molar-refractivity contribution in [2.24, 2.45) is 0 Å². The summed E-state index contributed by atoms with van der Waals surface area (Å²) in [6.45, 7) is 0. The molecule has 0 radical (unpaired) electrons. The molecule has 0 aliphatic rings. The van der Waals surface area contributed by atoms with E-state index in [-0.39, 0.29) is 18.0 Å². The molecule has 27 heavy (non-hydrogen) atoms. The van der Waals surface area contributed by atoms with Crippen LogP contribution in [0, 0.1) is 0 Å². The van der Waals surface area contributed by atoms with Crippen molar-refractivity contribution in [1.82, 2.24) is 0 Å². The van der Waals surface area contributed by atoms with Gasteiger partial charge in [0, 0.05) is 17.5 Å². The summed E-state index contributed by atoms with van der Waals surface area (Å²) in [5, 5.41) is 0. The maximum atomic E-state index is 12.7. The van der Waals surface area contributed by atoms with Crippen molar-refractivity contribution < 1.29 is 14.3 Å². The van der Waals surface area contributed by atoms with Gasteiger partial charge in [-0.1, -0.05) is 72.8 Å². The van der Waals surface area contributed by atoms with Crippen LogP contribution in [0.2, 0.25) is 0 Å². The third-order valence-electron chi connectivity index (χ3n) is 4.27. The number of benzene rings is 3. The molecule has 0 spiro atoms. The maximum absolute atomic E-state index is 12.7. The quantitative estimate of drug-likeness (QED) is 0.430. The molecule has 3 nitrogen and oxygen atoms in total. The van der Waals surface area contributed by atoms with Gasteiger partial charge in [-0.2, -0.15) is 0 Å². The van der Waals surface area contributed by atoms with Crippen LogP contribution in [-0.4, -0.2) is 18.7 Å². The van der Waals surface area contributed by atoms with Crippen molar-refractivity contribution in [1.29, 1.82) is 0 Å².